The first-order valence-corrected chi connectivity index (χ1v) is 6.84. The monoisotopic (exact) mass is 256 g/mol. The highest BCUT2D eigenvalue weighted by Gasteiger charge is 2.33. The van der Waals surface area contributed by atoms with Gasteiger partial charge in [0.15, 0.2) is 0 Å². The second kappa shape index (κ2) is 7.36. The van der Waals surface area contributed by atoms with Gasteiger partial charge in [-0.05, 0) is 32.7 Å². The lowest BCUT2D eigenvalue weighted by molar-refractivity contribution is -0.145. The molecule has 5 heteroatoms. The summed E-state index contributed by atoms with van der Waals surface area (Å²) in [4.78, 5) is 25.1. The second-order valence-corrected chi connectivity index (χ2v) is 4.91. The molecule has 0 radical (unpaired) electrons. The van der Waals surface area contributed by atoms with E-state index in [4.69, 9.17) is 0 Å². The van der Waals surface area contributed by atoms with Crippen molar-refractivity contribution in [3.63, 3.8) is 0 Å². The van der Waals surface area contributed by atoms with Crippen LogP contribution in [0, 0.1) is 0 Å². The average molecular weight is 256 g/mol. The van der Waals surface area contributed by atoms with Gasteiger partial charge in [0.25, 0.3) is 0 Å². The van der Waals surface area contributed by atoms with Gasteiger partial charge in [0.05, 0.1) is 6.04 Å². The van der Waals surface area contributed by atoms with Crippen LogP contribution in [0.5, 0.6) is 0 Å². The van der Waals surface area contributed by atoms with Crippen LogP contribution in [0.4, 0.5) is 0 Å². The van der Waals surface area contributed by atoms with Crippen LogP contribution in [0.1, 0.15) is 46.0 Å². The molecular weight excluding hydrogens is 232 g/mol. The van der Waals surface area contributed by atoms with Crippen LogP contribution in [-0.4, -0.2) is 47.1 Å². The van der Waals surface area contributed by atoms with E-state index in [1.54, 1.807) is 6.92 Å². The van der Waals surface area contributed by atoms with Gasteiger partial charge in [-0.15, -0.1) is 0 Å². The molecule has 1 aliphatic heterocycles. The molecule has 0 aliphatic carbocycles. The molecule has 104 valence electrons. The van der Waals surface area contributed by atoms with Crippen LogP contribution in [0.25, 0.3) is 0 Å². The number of nitrogens with zero attached hydrogens (tertiary/aromatic N) is 1. The molecule has 5 nitrogen and oxygen atoms in total. The minimum atomic E-state index is -0.813. The van der Waals surface area contributed by atoms with Crippen LogP contribution < -0.4 is 5.32 Å². The van der Waals surface area contributed by atoms with E-state index in [-0.39, 0.29) is 11.9 Å². The number of hydrogen-bond donors (Lipinski definition) is 2. The highest BCUT2D eigenvalue weighted by Crippen LogP contribution is 2.19. The maximum atomic E-state index is 11.9. The van der Waals surface area contributed by atoms with Crippen LogP contribution in [0.15, 0.2) is 0 Å². The van der Waals surface area contributed by atoms with Crippen LogP contribution in [-0.2, 0) is 9.59 Å². The summed E-state index contributed by atoms with van der Waals surface area (Å²) in [7, 11) is 0. The van der Waals surface area contributed by atoms with Crippen molar-refractivity contribution in [2.24, 2.45) is 0 Å². The Kier molecular flexibility index (Phi) is 6.12. The molecule has 1 amide bonds. The Morgan fingerprint density at radius 2 is 2.11 bits per heavy atom. The zero-order valence-electron chi connectivity index (χ0n) is 11.3. The highest BCUT2D eigenvalue weighted by molar-refractivity contribution is 5.82. The number of nitrogens with one attached hydrogen (secondary N) is 1. The fourth-order valence-corrected chi connectivity index (χ4v) is 2.41. The number of aliphatic carboxylic acids is 1. The lowest BCUT2D eigenvalue weighted by Gasteiger charge is -2.31. The lowest BCUT2D eigenvalue weighted by Crippen LogP contribution is -2.52. The molecule has 1 aliphatic rings. The van der Waals surface area contributed by atoms with Crippen molar-refractivity contribution in [1.29, 1.82) is 0 Å². The minimum absolute atomic E-state index is 0.0648. The van der Waals surface area contributed by atoms with Crippen molar-refractivity contribution >= 4 is 11.9 Å². The molecule has 0 aromatic rings. The fourth-order valence-electron chi connectivity index (χ4n) is 2.41. The number of carbonyl (C=O) groups excluding carboxylic acids is 1. The summed E-state index contributed by atoms with van der Waals surface area (Å²) in [6, 6.07) is -0.884. The Hall–Kier alpha value is -1.10. The predicted molar refractivity (Wildman–Crippen MR) is 69.4 cm³/mol. The Morgan fingerprint density at radius 3 is 2.72 bits per heavy atom. The van der Waals surface area contributed by atoms with Crippen LogP contribution in [0.3, 0.4) is 0 Å². The summed E-state index contributed by atoms with van der Waals surface area (Å²) in [6.07, 6.45) is 4.47. The second-order valence-electron chi connectivity index (χ2n) is 4.91. The zero-order chi connectivity index (χ0) is 13.5. The Bertz CT molecular complexity index is 294. The van der Waals surface area contributed by atoms with Gasteiger partial charge in [-0.3, -0.25) is 14.5 Å². The van der Waals surface area contributed by atoms with Gasteiger partial charge < -0.3 is 10.4 Å². The Labute approximate surface area is 109 Å². The molecule has 1 fully saturated rings. The van der Waals surface area contributed by atoms with E-state index in [1.165, 1.54) is 0 Å². The summed E-state index contributed by atoms with van der Waals surface area (Å²) in [5.41, 5.74) is 0. The number of likely N-dealkylation sites (tertiary alicyclic amines) is 1. The van der Waals surface area contributed by atoms with Crippen molar-refractivity contribution in [1.82, 2.24) is 10.2 Å². The first kappa shape index (κ1) is 15.0. The fraction of sp³-hybridized carbons (Fsp3) is 0.846. The number of rotatable bonds is 5. The molecule has 2 N–H and O–H groups in total. The molecule has 0 aromatic carbocycles. The number of carboxylic acid groups (broad SMARTS) is 1. The highest BCUT2D eigenvalue weighted by atomic mass is 16.4. The third kappa shape index (κ3) is 3.98. The third-order valence-electron chi connectivity index (χ3n) is 3.51. The van der Waals surface area contributed by atoms with E-state index in [2.05, 4.69) is 5.32 Å². The molecule has 1 heterocycles. The summed E-state index contributed by atoms with van der Waals surface area (Å²) >= 11 is 0. The molecule has 0 bridgehead atoms. The van der Waals surface area contributed by atoms with Crippen molar-refractivity contribution in [2.45, 2.75) is 58.0 Å². The maximum absolute atomic E-state index is 11.9. The van der Waals surface area contributed by atoms with Gasteiger partial charge in [-0.2, -0.15) is 0 Å². The van der Waals surface area contributed by atoms with E-state index in [9.17, 15) is 14.7 Å². The molecule has 0 aromatic heterocycles. The molecule has 0 spiro atoms. The SMILES string of the molecule is CCCNC(=O)C(C)N1CCCCCC1C(=O)O. The Balaban J connectivity index is 2.68. The summed E-state index contributed by atoms with van der Waals surface area (Å²) < 4.78 is 0. The first-order valence-electron chi connectivity index (χ1n) is 6.84. The Morgan fingerprint density at radius 1 is 1.39 bits per heavy atom. The summed E-state index contributed by atoms with van der Waals surface area (Å²) in [6.45, 7) is 5.13. The van der Waals surface area contributed by atoms with E-state index in [1.807, 2.05) is 11.8 Å². The smallest absolute Gasteiger partial charge is 0.320 e. The third-order valence-corrected chi connectivity index (χ3v) is 3.51. The van der Waals surface area contributed by atoms with Gasteiger partial charge in [0.2, 0.25) is 5.91 Å². The quantitative estimate of drug-likeness (QED) is 0.776. The molecule has 1 saturated heterocycles. The van der Waals surface area contributed by atoms with Crippen molar-refractivity contribution in [2.75, 3.05) is 13.1 Å². The van der Waals surface area contributed by atoms with Crippen molar-refractivity contribution in [3.8, 4) is 0 Å². The van der Waals surface area contributed by atoms with E-state index in [0.717, 1.165) is 25.7 Å². The van der Waals surface area contributed by atoms with Crippen molar-refractivity contribution in [3.05, 3.63) is 0 Å². The number of hydrogen-bond acceptors (Lipinski definition) is 3. The van der Waals surface area contributed by atoms with Crippen molar-refractivity contribution < 1.29 is 14.7 Å². The van der Waals surface area contributed by atoms with Gasteiger partial charge in [-0.25, -0.2) is 0 Å². The van der Waals surface area contributed by atoms with E-state index >= 15 is 0 Å². The van der Waals surface area contributed by atoms with E-state index < -0.39 is 12.0 Å². The number of carboxylic acids is 1. The normalized spacial score (nSPS) is 23.1. The van der Waals surface area contributed by atoms with Crippen LogP contribution in [0.2, 0.25) is 0 Å². The lowest BCUT2D eigenvalue weighted by atomic mass is 10.1. The average Bonchev–Trinajstić information content (AvgIpc) is 2.60. The topological polar surface area (TPSA) is 69.6 Å². The number of amides is 1. The molecule has 2 unspecified atom stereocenters. The van der Waals surface area contributed by atoms with Gasteiger partial charge >= 0.3 is 5.97 Å². The van der Waals surface area contributed by atoms with E-state index in [0.29, 0.717) is 19.5 Å². The molecule has 0 saturated carbocycles. The predicted octanol–water partition coefficient (Wildman–Crippen LogP) is 1.23. The summed E-state index contributed by atoms with van der Waals surface area (Å²) in [5.74, 6) is -0.878. The summed E-state index contributed by atoms with van der Waals surface area (Å²) in [5, 5.41) is 12.1. The standard InChI is InChI=1S/C13H24N2O3/c1-3-8-14-12(16)10(2)15-9-6-4-5-7-11(15)13(17)18/h10-11H,3-9H2,1-2H3,(H,14,16)(H,17,18). The van der Waals surface area contributed by atoms with Gasteiger partial charge in [0.1, 0.15) is 6.04 Å². The molecule has 18 heavy (non-hydrogen) atoms. The molecule has 2 atom stereocenters. The molecule has 1 rings (SSSR count). The molecular formula is C13H24N2O3. The first-order chi connectivity index (χ1) is 8.57. The van der Waals surface area contributed by atoms with Crippen LogP contribution >= 0.6 is 0 Å². The largest absolute Gasteiger partial charge is 0.480 e. The number of carbonyl (C=O) groups is 2. The van der Waals surface area contributed by atoms with Gasteiger partial charge in [-0.1, -0.05) is 19.8 Å². The van der Waals surface area contributed by atoms with Gasteiger partial charge in [0, 0.05) is 6.54 Å². The minimum Gasteiger partial charge on any atom is -0.480 e. The maximum Gasteiger partial charge on any atom is 0.320 e. The zero-order valence-corrected chi connectivity index (χ0v) is 11.3.